The summed E-state index contributed by atoms with van der Waals surface area (Å²) in [6.07, 6.45) is 5.60. The molecule has 2 saturated heterocycles. The summed E-state index contributed by atoms with van der Waals surface area (Å²) in [7, 11) is 0. The van der Waals surface area contributed by atoms with Gasteiger partial charge in [0.2, 0.25) is 5.78 Å². The van der Waals surface area contributed by atoms with Crippen LogP contribution in [0.5, 0.6) is 0 Å². The van der Waals surface area contributed by atoms with Crippen LogP contribution in [0, 0.1) is 57.2 Å². The van der Waals surface area contributed by atoms with Crippen molar-refractivity contribution in [3.05, 3.63) is 47.6 Å². The van der Waals surface area contributed by atoms with Gasteiger partial charge in [0.1, 0.15) is 19.0 Å². The second-order valence-corrected chi connectivity index (χ2v) is 22.6. The molecule has 2 aliphatic heterocycles. The third-order valence-corrected chi connectivity index (χ3v) is 18.3. The standard InChI is InChI=1S/C26H33FO7.C24H31FO6.Na.H2O/c1-13(28)32-12-20(31)26-21(33-23(2,3)34-26)10-16-15-9-18(27)17-8-14(29)6-7-24(17,4)22(15)19(30)11-25(16,26)5;1-21(2)30-19-9-14-13-8-16(25)15-7-12(27)5-6-22(15,3)20(13)17(28)10-23(14,4)24(19,31-21)18(29)11-26;;/h6-8,15-16,18-19,21-22,30H,9-12H2,1-5H3;5-7,13-14,16-17,19-20,26,28H,8-11H2,1-4H3;;1H2/q;;+1;/p-1/t15-,16-,18-,19-,21+,22+,24-,25-,26+;13-,14-,16-,17-,19+,20+,22-,23-,24+;;/m00../s1. The van der Waals surface area contributed by atoms with E-state index in [-0.39, 0.29) is 108 Å². The third kappa shape index (κ3) is 7.25. The molecular weight excluding hydrogens is 886 g/mol. The predicted octanol–water partition coefficient (Wildman–Crippen LogP) is 1.95. The molecule has 17 heteroatoms. The van der Waals surface area contributed by atoms with E-state index < -0.39 is 112 Å². The van der Waals surface area contributed by atoms with Crippen LogP contribution in [-0.4, -0.2) is 123 Å². The van der Waals surface area contributed by atoms with Gasteiger partial charge in [0.05, 0.1) is 24.4 Å². The Labute approximate surface area is 412 Å². The molecule has 6 saturated carbocycles. The van der Waals surface area contributed by atoms with Gasteiger partial charge in [-0.05, 0) is 125 Å². The van der Waals surface area contributed by atoms with Gasteiger partial charge in [0.15, 0.2) is 46.7 Å². The van der Waals surface area contributed by atoms with Crippen molar-refractivity contribution in [2.45, 2.75) is 160 Å². The van der Waals surface area contributed by atoms with E-state index >= 15 is 8.78 Å². The molecule has 0 unspecified atom stereocenters. The van der Waals surface area contributed by atoms with Crippen LogP contribution in [0.1, 0.15) is 101 Å². The molecule has 0 aromatic rings. The average molecular weight is 951 g/mol. The number of carbonyl (C=O) groups excluding carboxylic acids is 5. The molecule has 364 valence electrons. The van der Waals surface area contributed by atoms with E-state index in [0.717, 1.165) is 0 Å². The number of hydrogen-bond donors (Lipinski definition) is 3. The van der Waals surface area contributed by atoms with Crippen molar-refractivity contribution in [2.24, 2.45) is 57.2 Å². The topological polar surface area (TPSA) is 222 Å². The maximum absolute atomic E-state index is 15.6. The van der Waals surface area contributed by atoms with Crippen LogP contribution in [0.3, 0.4) is 0 Å². The first-order chi connectivity index (χ1) is 30.1. The molecule has 67 heavy (non-hydrogen) atoms. The monoisotopic (exact) mass is 950 g/mol. The van der Waals surface area contributed by atoms with Crippen molar-refractivity contribution in [3.8, 4) is 0 Å². The number of halogens is 2. The van der Waals surface area contributed by atoms with Crippen molar-refractivity contribution in [2.75, 3.05) is 13.2 Å². The molecule has 10 aliphatic rings. The molecule has 8 fully saturated rings. The van der Waals surface area contributed by atoms with Crippen LogP contribution in [0.15, 0.2) is 47.6 Å². The van der Waals surface area contributed by atoms with Gasteiger partial charge >= 0.3 is 35.5 Å². The van der Waals surface area contributed by atoms with Gasteiger partial charge in [0.25, 0.3) is 0 Å². The van der Waals surface area contributed by atoms with Crippen LogP contribution in [0.4, 0.5) is 8.78 Å². The Hall–Kier alpha value is -2.35. The van der Waals surface area contributed by atoms with Gasteiger partial charge in [-0.25, -0.2) is 8.78 Å². The van der Waals surface area contributed by atoms with E-state index in [1.54, 1.807) is 39.8 Å². The zero-order chi connectivity index (χ0) is 47.4. The number of ether oxygens (including phenoxy) is 5. The van der Waals surface area contributed by atoms with E-state index in [2.05, 4.69) is 0 Å². The molecule has 0 bridgehead atoms. The number of carbonyl (C=O) groups is 5. The van der Waals surface area contributed by atoms with Crippen LogP contribution >= 0.6 is 0 Å². The van der Waals surface area contributed by atoms with Crippen LogP contribution in [0.25, 0.3) is 0 Å². The van der Waals surface area contributed by atoms with Crippen molar-refractivity contribution in [1.82, 2.24) is 0 Å². The summed E-state index contributed by atoms with van der Waals surface area (Å²) in [5.41, 5.74) is -5.12. The van der Waals surface area contributed by atoms with Crippen LogP contribution in [-0.2, 0) is 47.7 Å². The maximum atomic E-state index is 15.6. The van der Waals surface area contributed by atoms with E-state index in [9.17, 15) is 39.3 Å². The summed E-state index contributed by atoms with van der Waals surface area (Å²) in [6.45, 7) is 14.7. The SMILES string of the molecule is CC(=O)OCC(=O)[C@@]12OC(C)(C)O[C@@H]1C[C@H]1[C@@H]3C[C@H](F)C4=CC(=O)C=C[C@]4(C)[C@H]3[C@@H](O)C[C@@]12C.CC1(C)O[C@@H]2C[C@H]3[C@@H]4C[C@H](F)C5=CC(=O)C=C[C@]5(C)[C@H]4[C@@H](O)C[C@]3(C)[C@]2(C(=O)CO)O1.[Na+].[OH-]. The fourth-order valence-corrected chi connectivity index (χ4v) is 16.3. The smallest absolute Gasteiger partial charge is 0.870 e. The number of rotatable bonds is 5. The number of ketones is 4. The van der Waals surface area contributed by atoms with E-state index in [1.807, 2.05) is 27.7 Å². The summed E-state index contributed by atoms with van der Waals surface area (Å²) < 4.78 is 61.1. The Kier molecular flexibility index (Phi) is 13.2. The summed E-state index contributed by atoms with van der Waals surface area (Å²) in [5.74, 6) is -5.22. The van der Waals surface area contributed by atoms with Gasteiger partial charge in [-0.15, -0.1) is 0 Å². The molecule has 2 heterocycles. The Morgan fingerprint density at radius 1 is 0.687 bits per heavy atom. The van der Waals surface area contributed by atoms with Crippen molar-refractivity contribution < 1.29 is 107 Å². The van der Waals surface area contributed by atoms with Gasteiger partial charge in [-0.1, -0.05) is 39.8 Å². The fraction of sp³-hybridized carbons (Fsp3) is 0.740. The van der Waals surface area contributed by atoms with Crippen molar-refractivity contribution in [1.29, 1.82) is 0 Å². The number of alkyl halides is 2. The summed E-state index contributed by atoms with van der Waals surface area (Å²) in [6, 6.07) is 0. The van der Waals surface area contributed by atoms with Gasteiger partial charge in [0, 0.05) is 40.4 Å². The first-order valence-corrected chi connectivity index (χ1v) is 23.3. The van der Waals surface area contributed by atoms with Gasteiger partial charge in [-0.2, -0.15) is 0 Å². The fourth-order valence-electron chi connectivity index (χ4n) is 16.3. The molecule has 10 rings (SSSR count). The molecule has 0 aromatic heterocycles. The minimum atomic E-state index is -1.41. The zero-order valence-corrected chi connectivity index (χ0v) is 42.2. The molecule has 0 amide bonds. The van der Waals surface area contributed by atoms with E-state index in [0.29, 0.717) is 24.0 Å². The maximum Gasteiger partial charge on any atom is 1.00 e. The normalized spacial score (nSPS) is 48.6. The number of hydrogen-bond acceptors (Lipinski definition) is 14. The number of esters is 1. The Balaban J connectivity index is 0.000000194. The minimum absolute atomic E-state index is 0. The van der Waals surface area contributed by atoms with Gasteiger partial charge < -0.3 is 44.5 Å². The van der Waals surface area contributed by atoms with Gasteiger partial charge in [-0.3, -0.25) is 24.0 Å². The van der Waals surface area contributed by atoms with Crippen molar-refractivity contribution in [3.63, 3.8) is 0 Å². The Morgan fingerprint density at radius 3 is 1.45 bits per heavy atom. The summed E-state index contributed by atoms with van der Waals surface area (Å²) >= 11 is 0. The van der Waals surface area contributed by atoms with Crippen molar-refractivity contribution >= 4 is 29.1 Å². The molecule has 0 radical (unpaired) electrons. The first-order valence-electron chi connectivity index (χ1n) is 23.3. The molecule has 0 spiro atoms. The third-order valence-electron chi connectivity index (χ3n) is 18.3. The average Bonchev–Trinajstić information content (AvgIpc) is 3.82. The number of fused-ring (bicyclic) bond motifs is 14. The minimum Gasteiger partial charge on any atom is -0.870 e. The second-order valence-electron chi connectivity index (χ2n) is 22.6. The zero-order valence-electron chi connectivity index (χ0n) is 40.2. The van der Waals surface area contributed by atoms with E-state index in [1.165, 1.54) is 31.2 Å². The predicted molar refractivity (Wildman–Crippen MR) is 229 cm³/mol. The molecule has 18 atom stereocenters. The quantitative estimate of drug-likeness (QED) is 0.265. The number of aliphatic hydroxyl groups excluding tert-OH is 3. The Morgan fingerprint density at radius 2 is 1.07 bits per heavy atom. The van der Waals surface area contributed by atoms with Crippen LogP contribution < -0.4 is 29.6 Å². The number of allylic oxidation sites excluding steroid dienone is 8. The largest absolute Gasteiger partial charge is 1.00 e. The molecule has 8 aliphatic carbocycles. The molecule has 0 aromatic carbocycles. The molecular formula is C50H65F2NaO14. The summed E-state index contributed by atoms with van der Waals surface area (Å²) in [5, 5.41) is 32.8. The summed E-state index contributed by atoms with van der Waals surface area (Å²) in [4.78, 5) is 62.2. The molecule has 4 N–H and O–H groups in total. The molecule has 14 nitrogen and oxygen atoms in total. The van der Waals surface area contributed by atoms with E-state index in [4.69, 9.17) is 23.7 Å². The Bertz CT molecular complexity index is 2240. The number of aliphatic hydroxyl groups is 3. The van der Waals surface area contributed by atoms with Crippen LogP contribution in [0.2, 0.25) is 0 Å². The second kappa shape index (κ2) is 16.9. The number of Topliss-reactive ketones (excluding diaryl/α,β-unsaturated/α-hetero) is 2. The first kappa shape index (κ1) is 52.5.